The van der Waals surface area contributed by atoms with Gasteiger partial charge in [0, 0.05) is 12.8 Å². The lowest BCUT2D eigenvalue weighted by molar-refractivity contribution is -0.870. The summed E-state index contributed by atoms with van der Waals surface area (Å²) in [5.74, 6) is -0.503. The number of allylic oxidation sites excluding steroid dienone is 5. The molecule has 0 rings (SSSR count). The molecule has 3 atom stereocenters. The van der Waals surface area contributed by atoms with E-state index in [1.54, 1.807) is 0 Å². The van der Waals surface area contributed by atoms with Crippen LogP contribution in [0.15, 0.2) is 36.5 Å². The average molecular weight is 1090 g/mol. The van der Waals surface area contributed by atoms with E-state index in [9.17, 15) is 19.0 Å². The number of amides is 1. The second-order valence-corrected chi connectivity index (χ2v) is 25.1. The summed E-state index contributed by atoms with van der Waals surface area (Å²) in [6, 6.07) is -0.849. The topological polar surface area (TPSA) is 111 Å². The van der Waals surface area contributed by atoms with Crippen LogP contribution < -0.4 is 5.32 Å². The van der Waals surface area contributed by atoms with Crippen LogP contribution in [0.4, 0.5) is 0 Å². The van der Waals surface area contributed by atoms with Crippen molar-refractivity contribution in [3.8, 4) is 0 Å². The molecule has 0 aromatic rings. The van der Waals surface area contributed by atoms with Gasteiger partial charge in [0.15, 0.2) is 0 Å². The number of unbranched alkanes of at least 4 members (excludes halogenated alkanes) is 41. The number of carbonyl (C=O) groups excluding carboxylic acids is 2. The van der Waals surface area contributed by atoms with Gasteiger partial charge in [0.25, 0.3) is 0 Å². The lowest BCUT2D eigenvalue weighted by Crippen LogP contribution is -2.47. The Morgan fingerprint density at radius 1 is 0.461 bits per heavy atom. The summed E-state index contributed by atoms with van der Waals surface area (Å²) in [5.41, 5.74) is 0. The number of rotatable bonds is 60. The number of phosphoric ester groups is 1. The molecule has 0 aliphatic heterocycles. The zero-order valence-corrected chi connectivity index (χ0v) is 52.2. The molecule has 10 heteroatoms. The fourth-order valence-electron chi connectivity index (χ4n) is 9.76. The second kappa shape index (κ2) is 56.5. The van der Waals surface area contributed by atoms with Gasteiger partial charge in [0.1, 0.15) is 19.3 Å². The molecule has 0 saturated heterocycles. The Morgan fingerprint density at radius 3 is 1.18 bits per heavy atom. The van der Waals surface area contributed by atoms with Crippen LogP contribution in [-0.4, -0.2) is 74.3 Å². The molecule has 9 nitrogen and oxygen atoms in total. The van der Waals surface area contributed by atoms with E-state index in [0.29, 0.717) is 17.4 Å². The largest absolute Gasteiger partial charge is 0.472 e. The second-order valence-electron chi connectivity index (χ2n) is 23.7. The normalized spacial score (nSPS) is 13.8. The van der Waals surface area contributed by atoms with Crippen molar-refractivity contribution in [1.82, 2.24) is 5.32 Å². The van der Waals surface area contributed by atoms with E-state index in [1.165, 1.54) is 212 Å². The summed E-state index contributed by atoms with van der Waals surface area (Å²) >= 11 is 0. The van der Waals surface area contributed by atoms with Gasteiger partial charge in [-0.25, -0.2) is 4.57 Å². The summed E-state index contributed by atoms with van der Waals surface area (Å²) in [5, 5.41) is 3.06. The quantitative estimate of drug-likeness (QED) is 0.0156. The standard InChI is InChI=1S/C66H127N2O7P/c1-7-10-13-16-19-22-25-28-30-31-32-33-34-35-36-37-39-40-43-46-49-52-55-58-65(69)67-63(62-74-76(71,72)73-61-60-68(4,5)6)64(57-54-51-48-45-42-27-24-21-18-15-12-9-3)75-66(70)59-56-53-50-47-44-41-38-29-26-23-20-17-14-11-8-2/h20,23,26,29,54,57,63-64H,7-19,21-22,24-25,27-28,30-53,55-56,58-62H2,1-6H3,(H-,67,69,71,72)/p+1/b23-20+,29-26+,57-54-. The van der Waals surface area contributed by atoms with Gasteiger partial charge in [-0.15, -0.1) is 0 Å². The Bertz CT molecular complexity index is 1400. The number of ether oxygens (including phenoxy) is 1. The van der Waals surface area contributed by atoms with Crippen LogP contribution in [0.1, 0.15) is 323 Å². The number of nitrogens with zero attached hydrogens (tertiary/aromatic N) is 1. The number of phosphoric acid groups is 1. The van der Waals surface area contributed by atoms with E-state index in [0.717, 1.165) is 77.0 Å². The van der Waals surface area contributed by atoms with E-state index >= 15 is 0 Å². The average Bonchev–Trinajstić information content (AvgIpc) is 3.38. The Hall–Kier alpha value is -1.77. The maximum Gasteiger partial charge on any atom is 0.472 e. The molecule has 448 valence electrons. The van der Waals surface area contributed by atoms with Gasteiger partial charge >= 0.3 is 13.8 Å². The Kier molecular flexibility index (Phi) is 55.2. The highest BCUT2D eigenvalue weighted by Gasteiger charge is 2.30. The van der Waals surface area contributed by atoms with Crippen LogP contribution in [0.2, 0.25) is 0 Å². The summed E-state index contributed by atoms with van der Waals surface area (Å²) < 4.78 is 30.7. The molecule has 0 aromatic carbocycles. The summed E-state index contributed by atoms with van der Waals surface area (Å²) in [6.07, 6.45) is 68.6. The van der Waals surface area contributed by atoms with Gasteiger partial charge in [-0.05, 0) is 57.4 Å². The number of carbonyl (C=O) groups is 2. The molecule has 0 aromatic heterocycles. The molecule has 0 heterocycles. The van der Waals surface area contributed by atoms with Crippen LogP contribution in [0.25, 0.3) is 0 Å². The smallest absolute Gasteiger partial charge is 0.456 e. The van der Waals surface area contributed by atoms with Crippen molar-refractivity contribution >= 4 is 19.7 Å². The van der Waals surface area contributed by atoms with Crippen molar-refractivity contribution in [3.63, 3.8) is 0 Å². The van der Waals surface area contributed by atoms with Crippen LogP contribution in [0.3, 0.4) is 0 Å². The Labute approximate surface area is 472 Å². The van der Waals surface area contributed by atoms with E-state index in [1.807, 2.05) is 33.3 Å². The maximum atomic E-state index is 13.6. The van der Waals surface area contributed by atoms with E-state index < -0.39 is 20.0 Å². The van der Waals surface area contributed by atoms with Gasteiger partial charge in [-0.1, -0.05) is 289 Å². The van der Waals surface area contributed by atoms with Crippen molar-refractivity contribution < 1.29 is 37.3 Å². The number of likely N-dealkylation sites (N-methyl/N-ethyl adjacent to an activating group) is 1. The highest BCUT2D eigenvalue weighted by Crippen LogP contribution is 2.43. The highest BCUT2D eigenvalue weighted by atomic mass is 31.2. The summed E-state index contributed by atoms with van der Waals surface area (Å²) in [7, 11) is 1.50. The van der Waals surface area contributed by atoms with Crippen molar-refractivity contribution in [1.29, 1.82) is 0 Å². The lowest BCUT2D eigenvalue weighted by Gasteiger charge is -2.27. The van der Waals surface area contributed by atoms with Crippen LogP contribution >= 0.6 is 7.82 Å². The predicted molar refractivity (Wildman–Crippen MR) is 328 cm³/mol. The molecule has 2 N–H and O–H groups in total. The van der Waals surface area contributed by atoms with Crippen molar-refractivity contribution in [2.75, 3.05) is 40.9 Å². The number of esters is 1. The summed E-state index contributed by atoms with van der Waals surface area (Å²) in [4.78, 5) is 37.7. The summed E-state index contributed by atoms with van der Waals surface area (Å²) in [6.45, 7) is 7.02. The number of quaternary nitrogens is 1. The molecule has 0 aliphatic rings. The molecular weight excluding hydrogens is 964 g/mol. The molecule has 76 heavy (non-hydrogen) atoms. The van der Waals surface area contributed by atoms with Gasteiger partial charge in [0.2, 0.25) is 5.91 Å². The molecule has 0 bridgehead atoms. The lowest BCUT2D eigenvalue weighted by atomic mass is 10.0. The van der Waals surface area contributed by atoms with E-state index in [2.05, 4.69) is 50.4 Å². The Morgan fingerprint density at radius 2 is 0.789 bits per heavy atom. The van der Waals surface area contributed by atoms with Gasteiger partial charge in [-0.3, -0.25) is 18.6 Å². The first-order chi connectivity index (χ1) is 36.9. The van der Waals surface area contributed by atoms with Crippen LogP contribution in [0.5, 0.6) is 0 Å². The predicted octanol–water partition coefficient (Wildman–Crippen LogP) is 20.3. The third-order valence-corrected chi connectivity index (χ3v) is 15.8. The number of hydrogen-bond donors (Lipinski definition) is 2. The maximum absolute atomic E-state index is 13.6. The Balaban J connectivity index is 5.11. The third kappa shape index (κ3) is 56.9. The molecule has 0 fully saturated rings. The van der Waals surface area contributed by atoms with Crippen molar-refractivity contribution in [2.45, 2.75) is 335 Å². The first-order valence-electron chi connectivity index (χ1n) is 32.8. The highest BCUT2D eigenvalue weighted by molar-refractivity contribution is 7.47. The fourth-order valence-corrected chi connectivity index (χ4v) is 10.5. The first-order valence-corrected chi connectivity index (χ1v) is 34.3. The molecule has 0 radical (unpaired) electrons. The van der Waals surface area contributed by atoms with Gasteiger partial charge in [0.05, 0.1) is 33.8 Å². The third-order valence-electron chi connectivity index (χ3n) is 14.9. The SMILES string of the molecule is CCCCC/C=C/C=C/CCCCCCCCC(=O)OC(/C=C\CCCCCCCCCCCC)C(COP(=O)(O)OCC[N+](C)(C)C)NC(=O)CCCCCCCCCCCCCCCCCCCCCCCCC. The molecule has 3 unspecified atom stereocenters. The zero-order valence-electron chi connectivity index (χ0n) is 51.3. The van der Waals surface area contributed by atoms with Gasteiger partial charge in [-0.2, -0.15) is 0 Å². The monoisotopic (exact) mass is 1090 g/mol. The molecular formula is C66H128N2O7P+. The van der Waals surface area contributed by atoms with Crippen LogP contribution in [0, 0.1) is 0 Å². The van der Waals surface area contributed by atoms with E-state index in [4.69, 9.17) is 13.8 Å². The molecule has 1 amide bonds. The van der Waals surface area contributed by atoms with Crippen LogP contribution in [-0.2, 0) is 27.9 Å². The van der Waals surface area contributed by atoms with Gasteiger partial charge < -0.3 is 19.4 Å². The molecule has 0 aliphatic carbocycles. The minimum atomic E-state index is -4.45. The molecule has 0 saturated carbocycles. The fraction of sp³-hybridized carbons (Fsp3) is 0.879. The number of hydrogen-bond acceptors (Lipinski definition) is 6. The zero-order chi connectivity index (χ0) is 55.7. The van der Waals surface area contributed by atoms with Crippen molar-refractivity contribution in [3.05, 3.63) is 36.5 Å². The minimum Gasteiger partial charge on any atom is -0.456 e. The van der Waals surface area contributed by atoms with E-state index in [-0.39, 0.29) is 31.5 Å². The first kappa shape index (κ1) is 74.2. The molecule has 0 spiro atoms. The number of nitrogens with one attached hydrogen (secondary N) is 1. The minimum absolute atomic E-state index is 0.0406. The van der Waals surface area contributed by atoms with Crippen molar-refractivity contribution in [2.24, 2.45) is 0 Å².